The zero-order valence-corrected chi connectivity index (χ0v) is 8.40. The molecule has 1 saturated heterocycles. The third kappa shape index (κ3) is 2.12. The fraction of sp³-hybridized carbons (Fsp3) is 1.00. The van der Waals surface area contributed by atoms with Crippen molar-refractivity contribution >= 4 is 11.8 Å². The van der Waals surface area contributed by atoms with Gasteiger partial charge in [-0.05, 0) is 18.8 Å². The first-order valence-corrected chi connectivity index (χ1v) is 5.43. The Morgan fingerprint density at radius 1 is 1.45 bits per heavy atom. The second kappa shape index (κ2) is 3.81. The molecule has 0 bridgehead atoms. The van der Waals surface area contributed by atoms with Gasteiger partial charge < -0.3 is 5.11 Å². The largest absolute Gasteiger partial charge is 0.393 e. The van der Waals surface area contributed by atoms with Crippen LogP contribution in [0, 0.1) is 5.92 Å². The molecule has 0 amide bonds. The van der Waals surface area contributed by atoms with E-state index in [-0.39, 0.29) is 6.10 Å². The summed E-state index contributed by atoms with van der Waals surface area (Å²) in [6, 6.07) is 0. The van der Waals surface area contributed by atoms with E-state index in [1.807, 2.05) is 11.8 Å². The average molecular weight is 174 g/mol. The van der Waals surface area contributed by atoms with Gasteiger partial charge in [-0.25, -0.2) is 0 Å². The maximum absolute atomic E-state index is 9.64. The van der Waals surface area contributed by atoms with Crippen molar-refractivity contribution in [2.24, 2.45) is 5.92 Å². The first-order valence-electron chi connectivity index (χ1n) is 4.48. The molecule has 66 valence electrons. The molecule has 4 atom stereocenters. The van der Waals surface area contributed by atoms with Crippen LogP contribution >= 0.6 is 11.8 Å². The molecule has 1 rings (SSSR count). The molecule has 1 aliphatic heterocycles. The molecule has 1 aliphatic rings. The Morgan fingerprint density at radius 3 is 2.55 bits per heavy atom. The van der Waals surface area contributed by atoms with Gasteiger partial charge in [0.05, 0.1) is 6.10 Å². The monoisotopic (exact) mass is 174 g/mol. The summed E-state index contributed by atoms with van der Waals surface area (Å²) >= 11 is 2.04. The van der Waals surface area contributed by atoms with E-state index in [0.717, 1.165) is 6.42 Å². The molecular weight excluding hydrogens is 156 g/mol. The molecule has 0 aromatic rings. The van der Waals surface area contributed by atoms with Crippen LogP contribution in [-0.4, -0.2) is 21.7 Å². The van der Waals surface area contributed by atoms with Gasteiger partial charge in [0.2, 0.25) is 0 Å². The van der Waals surface area contributed by atoms with E-state index in [2.05, 4.69) is 20.8 Å². The van der Waals surface area contributed by atoms with Crippen molar-refractivity contribution in [2.45, 2.75) is 50.2 Å². The maximum Gasteiger partial charge on any atom is 0.0586 e. The Bertz CT molecular complexity index is 115. The lowest BCUT2D eigenvalue weighted by Crippen LogP contribution is -2.34. The Balaban J connectivity index is 2.47. The van der Waals surface area contributed by atoms with E-state index < -0.39 is 0 Å². The fourth-order valence-corrected chi connectivity index (χ4v) is 3.08. The Labute approximate surface area is 73.6 Å². The molecule has 2 heteroatoms. The van der Waals surface area contributed by atoms with Crippen LogP contribution < -0.4 is 0 Å². The van der Waals surface area contributed by atoms with Crippen LogP contribution in [-0.2, 0) is 0 Å². The summed E-state index contributed by atoms with van der Waals surface area (Å²) in [5.74, 6) is 0.475. The van der Waals surface area contributed by atoms with Gasteiger partial charge in [0.1, 0.15) is 0 Å². The fourth-order valence-electron chi connectivity index (χ4n) is 1.54. The molecule has 0 aromatic heterocycles. The van der Waals surface area contributed by atoms with Crippen LogP contribution in [0.15, 0.2) is 0 Å². The lowest BCUT2D eigenvalue weighted by Gasteiger charge is -2.35. The smallest absolute Gasteiger partial charge is 0.0586 e. The van der Waals surface area contributed by atoms with Crippen LogP contribution in [0.2, 0.25) is 0 Å². The molecule has 0 spiro atoms. The van der Waals surface area contributed by atoms with Crippen molar-refractivity contribution < 1.29 is 5.11 Å². The normalized spacial score (nSPS) is 45.8. The zero-order chi connectivity index (χ0) is 8.43. The van der Waals surface area contributed by atoms with E-state index in [1.165, 1.54) is 6.42 Å². The quantitative estimate of drug-likeness (QED) is 0.658. The van der Waals surface area contributed by atoms with Gasteiger partial charge in [-0.1, -0.05) is 20.8 Å². The highest BCUT2D eigenvalue weighted by atomic mass is 32.2. The Hall–Kier alpha value is 0.310. The number of hydrogen-bond acceptors (Lipinski definition) is 2. The molecule has 0 aliphatic carbocycles. The van der Waals surface area contributed by atoms with E-state index >= 15 is 0 Å². The number of thioether (sulfide) groups is 1. The van der Waals surface area contributed by atoms with Crippen molar-refractivity contribution in [1.29, 1.82) is 0 Å². The number of hydrogen-bond donors (Lipinski definition) is 1. The van der Waals surface area contributed by atoms with Gasteiger partial charge in [0, 0.05) is 10.5 Å². The van der Waals surface area contributed by atoms with Gasteiger partial charge in [0.15, 0.2) is 0 Å². The number of rotatable bonds is 1. The molecule has 11 heavy (non-hydrogen) atoms. The number of aliphatic hydroxyl groups is 1. The number of aliphatic hydroxyl groups excluding tert-OH is 1. The van der Waals surface area contributed by atoms with Crippen LogP contribution in [0.5, 0.6) is 0 Å². The molecule has 0 radical (unpaired) electrons. The summed E-state index contributed by atoms with van der Waals surface area (Å²) in [5.41, 5.74) is 0. The molecule has 1 nitrogen and oxygen atoms in total. The minimum atomic E-state index is -0.0591. The van der Waals surface area contributed by atoms with Crippen LogP contribution in [0.25, 0.3) is 0 Å². The third-order valence-electron chi connectivity index (χ3n) is 2.71. The van der Waals surface area contributed by atoms with Crippen molar-refractivity contribution in [3.8, 4) is 0 Å². The second-order valence-electron chi connectivity index (χ2n) is 3.53. The molecular formula is C9H18OS. The standard InChI is InChI=1S/C9H18OS/c1-4-8-5-9(10)6(2)7(3)11-8/h6-10H,4-5H2,1-3H3/t6-,7+,8+,9-/m1/s1. The van der Waals surface area contributed by atoms with Gasteiger partial charge in [-0.2, -0.15) is 11.8 Å². The minimum Gasteiger partial charge on any atom is -0.393 e. The van der Waals surface area contributed by atoms with Crippen LogP contribution in [0.3, 0.4) is 0 Å². The highest BCUT2D eigenvalue weighted by molar-refractivity contribution is 8.00. The van der Waals surface area contributed by atoms with Crippen LogP contribution in [0.1, 0.15) is 33.6 Å². The van der Waals surface area contributed by atoms with Crippen molar-refractivity contribution in [2.75, 3.05) is 0 Å². The predicted octanol–water partition coefficient (Wildman–Crippen LogP) is 2.29. The molecule has 1 heterocycles. The molecule has 1 fully saturated rings. The topological polar surface area (TPSA) is 20.2 Å². The summed E-state index contributed by atoms with van der Waals surface area (Å²) in [5, 5.41) is 11.0. The Morgan fingerprint density at radius 2 is 2.09 bits per heavy atom. The summed E-state index contributed by atoms with van der Waals surface area (Å²) in [4.78, 5) is 0. The van der Waals surface area contributed by atoms with Gasteiger partial charge in [-0.15, -0.1) is 0 Å². The summed E-state index contributed by atoms with van der Waals surface area (Å²) in [7, 11) is 0. The molecule has 1 N–H and O–H groups in total. The second-order valence-corrected chi connectivity index (χ2v) is 5.22. The van der Waals surface area contributed by atoms with Crippen molar-refractivity contribution in [1.82, 2.24) is 0 Å². The maximum atomic E-state index is 9.64. The first-order chi connectivity index (χ1) is 5.15. The van der Waals surface area contributed by atoms with Gasteiger partial charge >= 0.3 is 0 Å². The summed E-state index contributed by atoms with van der Waals surface area (Å²) in [6.45, 7) is 6.57. The first kappa shape index (κ1) is 9.40. The SMILES string of the molecule is CC[C@H]1C[C@@H](O)[C@H](C)[C@H](C)S1. The molecule has 0 aromatic carbocycles. The lowest BCUT2D eigenvalue weighted by molar-refractivity contribution is 0.101. The minimum absolute atomic E-state index is 0.0591. The third-order valence-corrected chi connectivity index (χ3v) is 4.48. The van der Waals surface area contributed by atoms with E-state index in [4.69, 9.17) is 0 Å². The highest BCUT2D eigenvalue weighted by Gasteiger charge is 2.30. The summed E-state index contributed by atoms with van der Waals surface area (Å²) < 4.78 is 0. The molecule has 0 unspecified atom stereocenters. The van der Waals surface area contributed by atoms with Gasteiger partial charge in [-0.3, -0.25) is 0 Å². The Kier molecular flexibility index (Phi) is 3.26. The van der Waals surface area contributed by atoms with E-state index in [9.17, 15) is 5.11 Å². The average Bonchev–Trinajstić information content (AvgIpc) is 1.99. The zero-order valence-electron chi connectivity index (χ0n) is 7.58. The highest BCUT2D eigenvalue weighted by Crippen LogP contribution is 2.36. The van der Waals surface area contributed by atoms with Crippen molar-refractivity contribution in [3.63, 3.8) is 0 Å². The van der Waals surface area contributed by atoms with Crippen LogP contribution in [0.4, 0.5) is 0 Å². The molecule has 0 saturated carbocycles. The van der Waals surface area contributed by atoms with E-state index in [1.54, 1.807) is 0 Å². The van der Waals surface area contributed by atoms with E-state index in [0.29, 0.717) is 16.4 Å². The van der Waals surface area contributed by atoms with Gasteiger partial charge in [0.25, 0.3) is 0 Å². The van der Waals surface area contributed by atoms with Crippen molar-refractivity contribution in [3.05, 3.63) is 0 Å². The summed E-state index contributed by atoms with van der Waals surface area (Å²) in [6.07, 6.45) is 2.13. The lowest BCUT2D eigenvalue weighted by atomic mass is 9.96. The predicted molar refractivity (Wildman–Crippen MR) is 50.9 cm³/mol.